The highest BCUT2D eigenvalue weighted by atomic mass is 16.6. The smallest absolute Gasteiger partial charge is 0.306 e. The summed E-state index contributed by atoms with van der Waals surface area (Å²) in [4.78, 5) is 25.6. The Morgan fingerprint density at radius 2 is 0.625 bits per heavy atom. The summed E-state index contributed by atoms with van der Waals surface area (Å²) in [7, 11) is 0. The van der Waals surface area contributed by atoms with Crippen molar-refractivity contribution in [2.45, 2.75) is 284 Å². The molecule has 0 saturated carbocycles. The van der Waals surface area contributed by atoms with Crippen LogP contribution in [0.5, 0.6) is 0 Å². The average molecular weight is 1000 g/mol. The summed E-state index contributed by atoms with van der Waals surface area (Å²) in [5, 5.41) is 0. The van der Waals surface area contributed by atoms with E-state index in [9.17, 15) is 9.59 Å². The van der Waals surface area contributed by atoms with Crippen molar-refractivity contribution in [1.29, 1.82) is 0 Å². The number of rotatable bonds is 55. The third-order valence-corrected chi connectivity index (χ3v) is 12.8. The van der Waals surface area contributed by atoms with Gasteiger partial charge in [-0.1, -0.05) is 271 Å². The lowest BCUT2D eigenvalue weighted by molar-refractivity contribution is -0.163. The SMILES string of the molecule is CC/C=C\C/C=C\C/C=C\C/C=C\C/C=C\CCCCOCC(COC(=O)CCCCCCCC/C=C\C/C=C\C/C=C\C/C=C\CC)OC(=O)CCCCCCCCCCCCCCCCCCCCC. The Bertz CT molecular complexity index is 1410. The Hall–Kier alpha value is -3.44. The molecule has 5 heteroatoms. The maximum atomic E-state index is 12.9. The second kappa shape index (κ2) is 61.9. The molecule has 0 aliphatic carbocycles. The van der Waals surface area contributed by atoms with Crippen LogP contribution in [0.1, 0.15) is 278 Å². The average Bonchev–Trinajstić information content (AvgIpc) is 3.38. The minimum absolute atomic E-state index is 0.0566. The van der Waals surface area contributed by atoms with E-state index in [2.05, 4.69) is 130 Å². The number of hydrogen-bond donors (Lipinski definition) is 0. The molecule has 0 aromatic rings. The maximum Gasteiger partial charge on any atom is 0.306 e. The van der Waals surface area contributed by atoms with Crippen LogP contribution in [0.4, 0.5) is 0 Å². The quantitative estimate of drug-likeness (QED) is 0.0345. The molecule has 0 N–H and O–H groups in total. The predicted molar refractivity (Wildman–Crippen MR) is 316 cm³/mol. The van der Waals surface area contributed by atoms with Gasteiger partial charge in [0.05, 0.1) is 6.61 Å². The molecule has 0 spiro atoms. The lowest BCUT2D eigenvalue weighted by Crippen LogP contribution is -2.30. The van der Waals surface area contributed by atoms with Gasteiger partial charge in [0, 0.05) is 19.4 Å². The number of carbonyl (C=O) groups excluding carboxylic acids is 2. The summed E-state index contributed by atoms with van der Waals surface area (Å²) >= 11 is 0. The molecule has 0 aromatic heterocycles. The molecule has 0 aliphatic rings. The Balaban J connectivity index is 4.37. The first kappa shape index (κ1) is 68.6. The maximum absolute atomic E-state index is 12.9. The van der Waals surface area contributed by atoms with Gasteiger partial charge in [0.1, 0.15) is 6.61 Å². The zero-order chi connectivity index (χ0) is 52.0. The topological polar surface area (TPSA) is 61.8 Å². The molecule has 72 heavy (non-hydrogen) atoms. The van der Waals surface area contributed by atoms with Gasteiger partial charge in [0.2, 0.25) is 0 Å². The Labute approximate surface area is 446 Å². The van der Waals surface area contributed by atoms with Gasteiger partial charge in [-0.2, -0.15) is 0 Å². The molecular weight excluding hydrogens is 885 g/mol. The molecule has 0 saturated heterocycles. The van der Waals surface area contributed by atoms with Crippen molar-refractivity contribution in [2.75, 3.05) is 19.8 Å². The Morgan fingerprint density at radius 1 is 0.319 bits per heavy atom. The van der Waals surface area contributed by atoms with Crippen LogP contribution in [0.3, 0.4) is 0 Å². The van der Waals surface area contributed by atoms with Crippen molar-refractivity contribution in [2.24, 2.45) is 0 Å². The highest BCUT2D eigenvalue weighted by Crippen LogP contribution is 2.16. The van der Waals surface area contributed by atoms with Crippen molar-refractivity contribution >= 4 is 11.9 Å². The highest BCUT2D eigenvalue weighted by molar-refractivity contribution is 5.70. The van der Waals surface area contributed by atoms with Crippen LogP contribution in [-0.2, 0) is 23.8 Å². The number of ether oxygens (including phenoxy) is 3. The van der Waals surface area contributed by atoms with Gasteiger partial charge in [-0.3, -0.25) is 9.59 Å². The van der Waals surface area contributed by atoms with Crippen LogP contribution < -0.4 is 0 Å². The monoisotopic (exact) mass is 999 g/mol. The van der Waals surface area contributed by atoms with Crippen molar-refractivity contribution in [1.82, 2.24) is 0 Å². The van der Waals surface area contributed by atoms with Gasteiger partial charge in [-0.15, -0.1) is 0 Å². The summed E-state index contributed by atoms with van der Waals surface area (Å²) in [5.74, 6) is -0.432. The van der Waals surface area contributed by atoms with Gasteiger partial charge in [-0.25, -0.2) is 0 Å². The van der Waals surface area contributed by atoms with E-state index in [1.807, 2.05) is 0 Å². The largest absolute Gasteiger partial charge is 0.462 e. The zero-order valence-electron chi connectivity index (χ0n) is 47.4. The molecule has 412 valence electrons. The van der Waals surface area contributed by atoms with E-state index in [0.717, 1.165) is 116 Å². The molecule has 0 amide bonds. The second-order valence-corrected chi connectivity index (χ2v) is 19.8. The zero-order valence-corrected chi connectivity index (χ0v) is 47.4. The van der Waals surface area contributed by atoms with Crippen molar-refractivity contribution < 1.29 is 23.8 Å². The first-order valence-corrected chi connectivity index (χ1v) is 30.4. The first-order chi connectivity index (χ1) is 35.6. The summed E-state index contributed by atoms with van der Waals surface area (Å²) in [6.07, 6.45) is 85.5. The number of carbonyl (C=O) groups is 2. The summed E-state index contributed by atoms with van der Waals surface area (Å²) < 4.78 is 17.5. The highest BCUT2D eigenvalue weighted by Gasteiger charge is 2.17. The van der Waals surface area contributed by atoms with Crippen molar-refractivity contribution in [3.8, 4) is 0 Å². The fourth-order valence-corrected chi connectivity index (χ4v) is 8.35. The second-order valence-electron chi connectivity index (χ2n) is 19.8. The molecule has 0 heterocycles. The lowest BCUT2D eigenvalue weighted by Gasteiger charge is -2.18. The van der Waals surface area contributed by atoms with Gasteiger partial charge >= 0.3 is 11.9 Å². The van der Waals surface area contributed by atoms with E-state index in [1.54, 1.807) is 0 Å². The minimum atomic E-state index is -0.571. The molecule has 0 aliphatic heterocycles. The molecule has 0 rings (SSSR count). The van der Waals surface area contributed by atoms with Crippen LogP contribution in [0.2, 0.25) is 0 Å². The van der Waals surface area contributed by atoms with Crippen LogP contribution in [0.15, 0.2) is 109 Å². The van der Waals surface area contributed by atoms with Gasteiger partial charge < -0.3 is 14.2 Å². The fraction of sp³-hybridized carbons (Fsp3) is 0.701. The summed E-state index contributed by atoms with van der Waals surface area (Å²) in [5.41, 5.74) is 0. The molecule has 0 radical (unpaired) electrons. The number of unbranched alkanes of at least 4 members (excludes halogenated alkanes) is 26. The number of hydrogen-bond acceptors (Lipinski definition) is 5. The van der Waals surface area contributed by atoms with E-state index in [-0.39, 0.29) is 25.2 Å². The molecule has 0 fully saturated rings. The number of allylic oxidation sites excluding steroid dienone is 18. The molecule has 5 nitrogen and oxygen atoms in total. The van der Waals surface area contributed by atoms with Gasteiger partial charge in [0.15, 0.2) is 6.10 Å². The third-order valence-electron chi connectivity index (χ3n) is 12.8. The Morgan fingerprint density at radius 3 is 1.00 bits per heavy atom. The summed E-state index contributed by atoms with van der Waals surface area (Å²) in [6.45, 7) is 7.51. The van der Waals surface area contributed by atoms with E-state index < -0.39 is 6.10 Å². The van der Waals surface area contributed by atoms with E-state index in [4.69, 9.17) is 14.2 Å². The van der Waals surface area contributed by atoms with Crippen LogP contribution >= 0.6 is 0 Å². The molecule has 0 bridgehead atoms. The Kier molecular flexibility index (Phi) is 58.9. The van der Waals surface area contributed by atoms with Gasteiger partial charge in [0.25, 0.3) is 0 Å². The van der Waals surface area contributed by atoms with Gasteiger partial charge in [-0.05, 0) is 103 Å². The van der Waals surface area contributed by atoms with Crippen LogP contribution in [0.25, 0.3) is 0 Å². The molecular formula is C67H114O5. The van der Waals surface area contributed by atoms with Crippen molar-refractivity contribution in [3.05, 3.63) is 109 Å². The van der Waals surface area contributed by atoms with Crippen LogP contribution in [0, 0.1) is 0 Å². The minimum Gasteiger partial charge on any atom is -0.462 e. The van der Waals surface area contributed by atoms with Crippen LogP contribution in [-0.4, -0.2) is 37.9 Å². The molecule has 0 aromatic carbocycles. The standard InChI is InChI=1S/C67H114O5/c1-4-7-10-13-16-19-22-25-28-31-34-36-39-42-45-48-51-54-57-60-66(68)71-64-65(63-70-62-59-56-53-50-47-44-41-38-33-30-27-24-21-18-15-12-9-6-3)72-67(69)61-58-55-52-49-46-43-40-37-35-32-29-26-23-20-17-14-11-8-5-2/h7,9-10,12,16,18-19,21,25,27-28,30,34,36,38,41,47,50,65H,4-6,8,11,13-15,17,20,22-24,26,29,31-33,35,37,39-40,42-46,48-49,51-64H2,1-3H3/b10-7-,12-9-,19-16-,21-18-,28-25-,30-27-,36-34-,41-38-,50-47-. The molecule has 1 unspecified atom stereocenters. The third kappa shape index (κ3) is 59.1. The predicted octanol–water partition coefficient (Wildman–Crippen LogP) is 21.1. The van der Waals surface area contributed by atoms with E-state index >= 15 is 0 Å². The molecule has 1 atom stereocenters. The van der Waals surface area contributed by atoms with Crippen molar-refractivity contribution in [3.63, 3.8) is 0 Å². The normalized spacial score (nSPS) is 13.0. The van der Waals surface area contributed by atoms with E-state index in [1.165, 1.54) is 128 Å². The first-order valence-electron chi connectivity index (χ1n) is 30.4. The number of esters is 2. The fourth-order valence-electron chi connectivity index (χ4n) is 8.35. The summed E-state index contributed by atoms with van der Waals surface area (Å²) in [6, 6.07) is 0. The lowest BCUT2D eigenvalue weighted by atomic mass is 10.0. The van der Waals surface area contributed by atoms with E-state index in [0.29, 0.717) is 19.4 Å².